The lowest BCUT2D eigenvalue weighted by Gasteiger charge is -2.46. The van der Waals surface area contributed by atoms with E-state index in [1.54, 1.807) is 4.90 Å². The highest BCUT2D eigenvalue weighted by atomic mass is 16.6. The zero-order valence-electron chi connectivity index (χ0n) is 20.4. The van der Waals surface area contributed by atoms with Gasteiger partial charge in [0.25, 0.3) is 0 Å². The topological polar surface area (TPSA) is 85.3 Å². The van der Waals surface area contributed by atoms with E-state index in [0.717, 1.165) is 24.0 Å². The van der Waals surface area contributed by atoms with Gasteiger partial charge in [-0.15, -0.1) is 0 Å². The minimum atomic E-state index is -0.617. The predicted molar refractivity (Wildman–Crippen MR) is 123 cm³/mol. The molecule has 1 unspecified atom stereocenters. The third kappa shape index (κ3) is 5.13. The van der Waals surface area contributed by atoms with Gasteiger partial charge in [-0.25, -0.2) is 4.79 Å². The van der Waals surface area contributed by atoms with Crippen LogP contribution in [0.3, 0.4) is 0 Å². The number of rotatable bonds is 4. The molecule has 1 saturated heterocycles. The third-order valence-electron chi connectivity index (χ3n) is 7.24. The van der Waals surface area contributed by atoms with Gasteiger partial charge in [0.05, 0.1) is 19.1 Å². The first-order valence-corrected chi connectivity index (χ1v) is 12.1. The minimum Gasteiger partial charge on any atom is -0.487 e. The molecular formula is C26H37NO6. The average molecular weight is 460 g/mol. The van der Waals surface area contributed by atoms with Gasteiger partial charge in [0, 0.05) is 37.9 Å². The van der Waals surface area contributed by atoms with Gasteiger partial charge in [-0.3, -0.25) is 4.79 Å². The lowest BCUT2D eigenvalue weighted by atomic mass is 9.79. The van der Waals surface area contributed by atoms with E-state index in [2.05, 4.69) is 0 Å². The maximum absolute atomic E-state index is 12.5. The van der Waals surface area contributed by atoms with E-state index in [9.17, 15) is 14.7 Å². The standard InChI is InChI=1S/C26H37NO6/c1-16(23(29)31-5)22(17-6-7-17)18-8-9-19-20(28)15-26(32-21(19)14-18)10-12-27(13-11-26)24(30)33-25(2,3)4/h8-9,14,16-17,20,22,28H,6-7,10-13,15H2,1-5H3/t16-,20?,22-/m0/s1. The third-order valence-corrected chi connectivity index (χ3v) is 7.24. The first-order chi connectivity index (χ1) is 15.5. The van der Waals surface area contributed by atoms with Gasteiger partial charge in [-0.05, 0) is 57.1 Å². The van der Waals surface area contributed by atoms with Crippen molar-refractivity contribution in [2.45, 2.75) is 83.0 Å². The van der Waals surface area contributed by atoms with Gasteiger partial charge in [-0.1, -0.05) is 19.1 Å². The van der Waals surface area contributed by atoms with Crippen LogP contribution in [0.5, 0.6) is 5.75 Å². The molecule has 2 heterocycles. The molecule has 33 heavy (non-hydrogen) atoms. The first kappa shape index (κ1) is 23.9. The molecule has 1 N–H and O–H groups in total. The number of amides is 1. The molecule has 182 valence electrons. The molecule has 3 aliphatic rings. The summed E-state index contributed by atoms with van der Waals surface area (Å²) in [7, 11) is 1.43. The van der Waals surface area contributed by atoms with Crippen molar-refractivity contribution in [2.75, 3.05) is 20.2 Å². The highest BCUT2D eigenvalue weighted by Crippen LogP contribution is 2.50. The molecule has 4 rings (SSSR count). The number of ether oxygens (including phenoxy) is 3. The Morgan fingerprint density at radius 1 is 1.21 bits per heavy atom. The molecule has 1 saturated carbocycles. The number of hydrogen-bond acceptors (Lipinski definition) is 6. The van der Waals surface area contributed by atoms with Crippen molar-refractivity contribution >= 4 is 12.1 Å². The summed E-state index contributed by atoms with van der Waals surface area (Å²) in [6.45, 7) is 8.57. The fourth-order valence-corrected chi connectivity index (χ4v) is 5.35. The molecule has 1 spiro atoms. The maximum atomic E-state index is 12.5. The van der Waals surface area contributed by atoms with Crippen LogP contribution in [0.25, 0.3) is 0 Å². The van der Waals surface area contributed by atoms with Crippen molar-refractivity contribution in [1.29, 1.82) is 0 Å². The van der Waals surface area contributed by atoms with Crippen LogP contribution in [0.4, 0.5) is 4.79 Å². The number of fused-ring (bicyclic) bond motifs is 1. The van der Waals surface area contributed by atoms with Gasteiger partial charge in [0.15, 0.2) is 0 Å². The lowest BCUT2D eigenvalue weighted by molar-refractivity contribution is -0.145. The van der Waals surface area contributed by atoms with Crippen molar-refractivity contribution in [3.63, 3.8) is 0 Å². The van der Waals surface area contributed by atoms with E-state index in [4.69, 9.17) is 14.2 Å². The molecule has 3 atom stereocenters. The lowest BCUT2D eigenvalue weighted by Crippen LogP contribution is -2.52. The molecule has 0 radical (unpaired) electrons. The monoisotopic (exact) mass is 459 g/mol. The van der Waals surface area contributed by atoms with Crippen LogP contribution in [0.2, 0.25) is 0 Å². The molecule has 7 heteroatoms. The Kier molecular flexibility index (Phi) is 6.38. The Bertz CT molecular complexity index is 895. The second-order valence-electron chi connectivity index (χ2n) is 10.9. The van der Waals surface area contributed by atoms with E-state index in [0.29, 0.717) is 44.0 Å². The highest BCUT2D eigenvalue weighted by Gasteiger charge is 2.45. The van der Waals surface area contributed by atoms with E-state index in [1.807, 2.05) is 45.9 Å². The van der Waals surface area contributed by atoms with Gasteiger partial charge < -0.3 is 24.2 Å². The SMILES string of the molecule is COC(=O)[C@@H](C)[C@H](c1ccc2c(c1)OC1(CCN(C(=O)OC(C)(C)C)CC1)CC2O)C1CC1. The maximum Gasteiger partial charge on any atom is 0.410 e. The van der Waals surface area contributed by atoms with Gasteiger partial charge >= 0.3 is 12.1 Å². The first-order valence-electron chi connectivity index (χ1n) is 12.1. The van der Waals surface area contributed by atoms with Gasteiger partial charge in [0.2, 0.25) is 0 Å². The Labute approximate surface area is 196 Å². The van der Waals surface area contributed by atoms with Crippen LogP contribution in [0, 0.1) is 11.8 Å². The summed E-state index contributed by atoms with van der Waals surface area (Å²) in [6, 6.07) is 5.98. The number of hydrogen-bond donors (Lipinski definition) is 1. The Hall–Kier alpha value is -2.28. The number of piperidine rings is 1. The molecule has 0 bridgehead atoms. The summed E-state index contributed by atoms with van der Waals surface area (Å²) < 4.78 is 17.1. The summed E-state index contributed by atoms with van der Waals surface area (Å²) in [6.07, 6.45) is 3.07. The number of nitrogens with zero attached hydrogens (tertiary/aromatic N) is 1. The second kappa shape index (κ2) is 8.82. The smallest absolute Gasteiger partial charge is 0.410 e. The quantitative estimate of drug-likeness (QED) is 0.664. The molecule has 2 aliphatic heterocycles. The number of carbonyl (C=O) groups excluding carboxylic acids is 2. The van der Waals surface area contributed by atoms with Crippen molar-refractivity contribution in [3.05, 3.63) is 29.3 Å². The molecule has 1 amide bonds. The van der Waals surface area contributed by atoms with Crippen LogP contribution in [0.1, 0.15) is 82.9 Å². The van der Waals surface area contributed by atoms with Crippen LogP contribution >= 0.6 is 0 Å². The van der Waals surface area contributed by atoms with Crippen LogP contribution in [-0.2, 0) is 14.3 Å². The van der Waals surface area contributed by atoms with Gasteiger partial charge in [-0.2, -0.15) is 0 Å². The van der Waals surface area contributed by atoms with Crippen LogP contribution in [-0.4, -0.2) is 53.5 Å². The molecule has 0 aromatic heterocycles. The Balaban J connectivity index is 1.51. The zero-order chi connectivity index (χ0) is 24.0. The minimum absolute atomic E-state index is 0.0791. The highest BCUT2D eigenvalue weighted by molar-refractivity contribution is 5.73. The molecular weight excluding hydrogens is 422 g/mol. The number of methoxy groups -OCH3 is 1. The predicted octanol–water partition coefficient (Wildman–Crippen LogP) is 4.57. The zero-order valence-corrected chi connectivity index (χ0v) is 20.4. The van der Waals surface area contributed by atoms with Crippen LogP contribution in [0.15, 0.2) is 18.2 Å². The van der Waals surface area contributed by atoms with E-state index < -0.39 is 17.3 Å². The molecule has 1 aromatic carbocycles. The van der Waals surface area contributed by atoms with Gasteiger partial charge in [0.1, 0.15) is 17.0 Å². The fourth-order valence-electron chi connectivity index (χ4n) is 5.35. The summed E-state index contributed by atoms with van der Waals surface area (Å²) in [5, 5.41) is 10.9. The summed E-state index contributed by atoms with van der Waals surface area (Å²) in [5.41, 5.74) is 0.814. The molecule has 1 aliphatic carbocycles. The van der Waals surface area contributed by atoms with Crippen molar-refractivity contribution in [3.8, 4) is 5.75 Å². The van der Waals surface area contributed by atoms with Crippen molar-refractivity contribution in [2.24, 2.45) is 11.8 Å². The van der Waals surface area contributed by atoms with Crippen molar-refractivity contribution in [1.82, 2.24) is 4.90 Å². The van der Waals surface area contributed by atoms with Crippen LogP contribution < -0.4 is 4.74 Å². The fraction of sp³-hybridized carbons (Fsp3) is 0.692. The van der Waals surface area contributed by atoms with E-state index in [1.165, 1.54) is 7.11 Å². The number of esters is 1. The summed E-state index contributed by atoms with van der Waals surface area (Å²) >= 11 is 0. The number of benzene rings is 1. The van der Waals surface area contributed by atoms with E-state index in [-0.39, 0.29) is 23.9 Å². The Morgan fingerprint density at radius 3 is 2.45 bits per heavy atom. The average Bonchev–Trinajstić information content (AvgIpc) is 3.57. The molecule has 2 fully saturated rings. The van der Waals surface area contributed by atoms with E-state index >= 15 is 0 Å². The number of likely N-dealkylation sites (tertiary alicyclic amines) is 1. The largest absolute Gasteiger partial charge is 0.487 e. The number of aliphatic hydroxyl groups excluding tert-OH is 1. The number of carbonyl (C=O) groups is 2. The molecule has 1 aromatic rings. The number of aliphatic hydroxyl groups is 1. The molecule has 7 nitrogen and oxygen atoms in total. The summed E-state index contributed by atoms with van der Waals surface area (Å²) in [5.74, 6) is 0.809. The second-order valence-corrected chi connectivity index (χ2v) is 10.9. The van der Waals surface area contributed by atoms with Crippen molar-refractivity contribution < 1.29 is 28.9 Å². The Morgan fingerprint density at radius 2 is 1.88 bits per heavy atom. The summed E-state index contributed by atoms with van der Waals surface area (Å²) in [4.78, 5) is 26.5. The normalized spacial score (nSPS) is 23.8.